The molecule has 0 aromatic heterocycles. The van der Waals surface area contributed by atoms with Crippen molar-refractivity contribution in [3.05, 3.63) is 24.3 Å². The van der Waals surface area contributed by atoms with Crippen LogP contribution >= 0.6 is 0 Å². The third kappa shape index (κ3) is 5.09. The fourth-order valence-electron chi connectivity index (χ4n) is 1.31. The van der Waals surface area contributed by atoms with Crippen LogP contribution in [-0.4, -0.2) is 44.9 Å². The van der Waals surface area contributed by atoms with Crippen molar-refractivity contribution in [3.63, 3.8) is 0 Å². The van der Waals surface area contributed by atoms with E-state index in [1.165, 1.54) is 24.1 Å². The summed E-state index contributed by atoms with van der Waals surface area (Å²) >= 11 is 0. The largest absolute Gasteiger partial charge is 0.433 e. The number of halogens is 2. The molecule has 1 aromatic rings. The molecule has 0 radical (unpaired) electrons. The third-order valence-corrected chi connectivity index (χ3v) is 2.32. The molecule has 2 amide bonds. The van der Waals surface area contributed by atoms with Crippen LogP contribution in [0.3, 0.4) is 0 Å². The van der Waals surface area contributed by atoms with Crippen LogP contribution in [0.25, 0.3) is 0 Å². The first-order valence-corrected chi connectivity index (χ1v) is 5.59. The van der Waals surface area contributed by atoms with E-state index in [2.05, 4.69) is 10.1 Å². The standard InChI is InChI=1S/C12H16F2N2O3/c1-16(7-8-18-2)12(17)15-9-5-3-4-6-10(9)19-11(13)14/h3-6,11H,7-8H2,1-2H3,(H,15,17). The van der Waals surface area contributed by atoms with Gasteiger partial charge in [-0.25, -0.2) is 4.79 Å². The summed E-state index contributed by atoms with van der Waals surface area (Å²) in [6.07, 6.45) is 0. The predicted octanol–water partition coefficient (Wildman–Crippen LogP) is 2.40. The molecule has 7 heteroatoms. The summed E-state index contributed by atoms with van der Waals surface area (Å²) in [5.41, 5.74) is 0.192. The van der Waals surface area contributed by atoms with Crippen LogP contribution in [0.5, 0.6) is 5.75 Å². The molecule has 106 valence electrons. The molecule has 0 aliphatic heterocycles. The highest BCUT2D eigenvalue weighted by molar-refractivity contribution is 5.90. The number of benzene rings is 1. The van der Waals surface area contributed by atoms with Gasteiger partial charge < -0.3 is 19.7 Å². The number of amides is 2. The number of nitrogens with one attached hydrogen (secondary N) is 1. The van der Waals surface area contributed by atoms with Gasteiger partial charge in [0.05, 0.1) is 12.3 Å². The minimum absolute atomic E-state index is 0.0778. The fraction of sp³-hybridized carbons (Fsp3) is 0.417. The van der Waals surface area contributed by atoms with Crippen molar-refractivity contribution in [2.45, 2.75) is 6.61 Å². The number of para-hydroxylation sites is 2. The molecule has 0 bridgehead atoms. The average molecular weight is 274 g/mol. The molecule has 0 saturated carbocycles. The van der Waals surface area contributed by atoms with Gasteiger partial charge in [-0.15, -0.1) is 0 Å². The number of carbonyl (C=O) groups is 1. The van der Waals surface area contributed by atoms with Crippen LogP contribution < -0.4 is 10.1 Å². The van der Waals surface area contributed by atoms with Gasteiger partial charge in [0.25, 0.3) is 0 Å². The predicted molar refractivity (Wildman–Crippen MR) is 66.6 cm³/mol. The minimum atomic E-state index is -2.94. The lowest BCUT2D eigenvalue weighted by Gasteiger charge is -2.18. The van der Waals surface area contributed by atoms with Crippen LogP contribution in [0.1, 0.15) is 0 Å². The zero-order chi connectivity index (χ0) is 14.3. The molecular formula is C12H16F2N2O3. The smallest absolute Gasteiger partial charge is 0.387 e. The van der Waals surface area contributed by atoms with E-state index < -0.39 is 12.6 Å². The Hall–Kier alpha value is -1.89. The maximum atomic E-state index is 12.2. The number of methoxy groups -OCH3 is 1. The monoisotopic (exact) mass is 274 g/mol. The molecular weight excluding hydrogens is 258 g/mol. The quantitative estimate of drug-likeness (QED) is 0.866. The summed E-state index contributed by atoms with van der Waals surface area (Å²) in [7, 11) is 3.10. The highest BCUT2D eigenvalue weighted by atomic mass is 19.3. The molecule has 0 saturated heterocycles. The third-order valence-electron chi connectivity index (χ3n) is 2.32. The number of carbonyl (C=O) groups excluding carboxylic acids is 1. The van der Waals surface area contributed by atoms with Gasteiger partial charge in [0, 0.05) is 20.7 Å². The zero-order valence-corrected chi connectivity index (χ0v) is 10.7. The van der Waals surface area contributed by atoms with Gasteiger partial charge in [-0.3, -0.25) is 0 Å². The Bertz CT molecular complexity index is 416. The molecule has 1 N–H and O–H groups in total. The van der Waals surface area contributed by atoms with E-state index in [-0.39, 0.29) is 11.4 Å². The Morgan fingerprint density at radius 1 is 1.42 bits per heavy atom. The Balaban J connectivity index is 2.68. The molecule has 0 aliphatic rings. The van der Waals surface area contributed by atoms with E-state index in [0.29, 0.717) is 13.2 Å². The number of nitrogens with zero attached hydrogens (tertiary/aromatic N) is 1. The molecule has 0 aliphatic carbocycles. The number of ether oxygens (including phenoxy) is 2. The number of rotatable bonds is 6. The van der Waals surface area contributed by atoms with E-state index in [9.17, 15) is 13.6 Å². The van der Waals surface area contributed by atoms with E-state index in [1.54, 1.807) is 19.2 Å². The summed E-state index contributed by atoms with van der Waals surface area (Å²) in [5, 5.41) is 2.50. The van der Waals surface area contributed by atoms with Crippen molar-refractivity contribution in [2.75, 3.05) is 32.6 Å². The molecule has 19 heavy (non-hydrogen) atoms. The van der Waals surface area contributed by atoms with Crippen LogP contribution in [0.2, 0.25) is 0 Å². The molecule has 0 fully saturated rings. The molecule has 0 atom stereocenters. The Morgan fingerprint density at radius 3 is 2.74 bits per heavy atom. The van der Waals surface area contributed by atoms with Crippen molar-refractivity contribution in [1.82, 2.24) is 4.90 Å². The van der Waals surface area contributed by atoms with Crippen molar-refractivity contribution < 1.29 is 23.0 Å². The van der Waals surface area contributed by atoms with Crippen molar-refractivity contribution in [1.29, 1.82) is 0 Å². The molecule has 0 spiro atoms. The summed E-state index contributed by atoms with van der Waals surface area (Å²) in [4.78, 5) is 13.2. The molecule has 0 unspecified atom stereocenters. The SMILES string of the molecule is COCCN(C)C(=O)Nc1ccccc1OC(F)F. The van der Waals surface area contributed by atoms with Crippen molar-refractivity contribution in [2.24, 2.45) is 0 Å². The number of hydrogen-bond acceptors (Lipinski definition) is 3. The summed E-state index contributed by atoms with van der Waals surface area (Å²) in [5.74, 6) is -0.0778. The second-order valence-corrected chi connectivity index (χ2v) is 3.72. The van der Waals surface area contributed by atoms with E-state index >= 15 is 0 Å². The highest BCUT2D eigenvalue weighted by Crippen LogP contribution is 2.25. The number of alkyl halides is 2. The van der Waals surface area contributed by atoms with Gasteiger partial charge >= 0.3 is 12.6 Å². The maximum absolute atomic E-state index is 12.2. The Labute approximate surface area is 110 Å². The summed E-state index contributed by atoms with van der Waals surface area (Å²) < 4.78 is 33.6. The molecule has 1 rings (SSSR count). The molecule has 1 aromatic carbocycles. The van der Waals surface area contributed by atoms with E-state index in [1.807, 2.05) is 0 Å². The number of hydrogen-bond donors (Lipinski definition) is 1. The van der Waals surface area contributed by atoms with Gasteiger partial charge in [-0.05, 0) is 12.1 Å². The highest BCUT2D eigenvalue weighted by Gasteiger charge is 2.13. The molecule has 5 nitrogen and oxygen atoms in total. The van der Waals surface area contributed by atoms with Crippen molar-refractivity contribution in [3.8, 4) is 5.75 Å². The van der Waals surface area contributed by atoms with Gasteiger partial charge in [-0.1, -0.05) is 12.1 Å². The van der Waals surface area contributed by atoms with Gasteiger partial charge in [0.2, 0.25) is 0 Å². The van der Waals surface area contributed by atoms with Crippen LogP contribution in [-0.2, 0) is 4.74 Å². The Kier molecular flexibility index (Phi) is 6.01. The number of anilines is 1. The van der Waals surface area contributed by atoms with Gasteiger partial charge in [0.1, 0.15) is 5.75 Å². The first-order valence-electron chi connectivity index (χ1n) is 5.59. The average Bonchev–Trinajstić information content (AvgIpc) is 2.37. The molecule has 0 heterocycles. The van der Waals surface area contributed by atoms with Crippen molar-refractivity contribution >= 4 is 11.7 Å². The van der Waals surface area contributed by atoms with Crippen LogP contribution in [0.4, 0.5) is 19.3 Å². The van der Waals surface area contributed by atoms with E-state index in [4.69, 9.17) is 4.74 Å². The van der Waals surface area contributed by atoms with Crippen LogP contribution in [0.15, 0.2) is 24.3 Å². The van der Waals surface area contributed by atoms with Gasteiger partial charge in [-0.2, -0.15) is 8.78 Å². The first kappa shape index (κ1) is 15.2. The lowest BCUT2D eigenvalue weighted by Crippen LogP contribution is -2.34. The minimum Gasteiger partial charge on any atom is -0.433 e. The number of urea groups is 1. The van der Waals surface area contributed by atoms with Crippen LogP contribution in [0, 0.1) is 0 Å². The van der Waals surface area contributed by atoms with E-state index in [0.717, 1.165) is 0 Å². The zero-order valence-electron chi connectivity index (χ0n) is 10.7. The first-order chi connectivity index (χ1) is 9.04. The fourth-order valence-corrected chi connectivity index (χ4v) is 1.31. The maximum Gasteiger partial charge on any atom is 0.387 e. The number of likely N-dealkylation sites (N-methyl/N-ethyl adjacent to an activating group) is 1. The summed E-state index contributed by atoms with van der Waals surface area (Å²) in [6.45, 7) is -2.16. The lowest BCUT2D eigenvalue weighted by molar-refractivity contribution is -0.0493. The Morgan fingerprint density at radius 2 is 2.11 bits per heavy atom. The second-order valence-electron chi connectivity index (χ2n) is 3.72. The lowest BCUT2D eigenvalue weighted by atomic mass is 10.3. The summed E-state index contributed by atoms with van der Waals surface area (Å²) in [6, 6.07) is 5.57. The van der Waals surface area contributed by atoms with Gasteiger partial charge in [0.15, 0.2) is 0 Å². The normalized spacial score (nSPS) is 10.4. The topological polar surface area (TPSA) is 50.8 Å². The second kappa shape index (κ2) is 7.52.